The predicted molar refractivity (Wildman–Crippen MR) is 127 cm³/mol. The van der Waals surface area contributed by atoms with Crippen LogP contribution in [0, 0.1) is 0 Å². The van der Waals surface area contributed by atoms with Gasteiger partial charge in [-0.2, -0.15) is 5.10 Å². The molecule has 2 N–H and O–H groups in total. The first-order valence-corrected chi connectivity index (χ1v) is 10.5. The minimum Gasteiger partial charge on any atom is -0.495 e. The first kappa shape index (κ1) is 21.3. The molecule has 4 rings (SSSR count). The summed E-state index contributed by atoms with van der Waals surface area (Å²) in [5.74, 6) is -0.0277. The van der Waals surface area contributed by atoms with Crippen molar-refractivity contribution in [3.8, 4) is 11.4 Å². The second-order valence-corrected chi connectivity index (χ2v) is 7.60. The van der Waals surface area contributed by atoms with Crippen molar-refractivity contribution < 1.29 is 14.3 Å². The minimum atomic E-state index is -0.431. The Morgan fingerprint density at radius 1 is 0.844 bits per heavy atom. The second-order valence-electron chi connectivity index (χ2n) is 6.74. The van der Waals surface area contributed by atoms with E-state index in [9.17, 15) is 9.59 Å². The van der Waals surface area contributed by atoms with E-state index in [2.05, 4.69) is 31.7 Å². The molecule has 8 heteroatoms. The molecule has 0 spiro atoms. The van der Waals surface area contributed by atoms with E-state index < -0.39 is 5.91 Å². The molecule has 1 aromatic heterocycles. The molecular formula is C24H19BrN4O3. The molecule has 7 nitrogen and oxygen atoms in total. The Morgan fingerprint density at radius 2 is 1.50 bits per heavy atom. The van der Waals surface area contributed by atoms with Gasteiger partial charge in [0, 0.05) is 4.47 Å². The summed E-state index contributed by atoms with van der Waals surface area (Å²) in [6.07, 6.45) is 1.42. The average Bonchev–Trinajstić information content (AvgIpc) is 3.23. The van der Waals surface area contributed by atoms with Crippen LogP contribution in [0.5, 0.6) is 5.75 Å². The van der Waals surface area contributed by atoms with Crippen LogP contribution in [-0.4, -0.2) is 28.7 Å². The molecule has 3 aromatic carbocycles. The van der Waals surface area contributed by atoms with E-state index in [0.29, 0.717) is 27.2 Å². The molecule has 0 fully saturated rings. The molecule has 0 aliphatic heterocycles. The number of benzene rings is 3. The van der Waals surface area contributed by atoms with Crippen molar-refractivity contribution in [2.75, 3.05) is 17.7 Å². The highest BCUT2D eigenvalue weighted by Crippen LogP contribution is 2.27. The highest BCUT2D eigenvalue weighted by molar-refractivity contribution is 9.10. The Morgan fingerprint density at radius 3 is 2.25 bits per heavy atom. The number of nitrogens with zero attached hydrogens (tertiary/aromatic N) is 2. The quantitative estimate of drug-likeness (QED) is 0.391. The fraction of sp³-hybridized carbons (Fsp3) is 0.0417. The normalized spacial score (nSPS) is 10.4. The number of aromatic nitrogens is 2. The second kappa shape index (κ2) is 9.49. The van der Waals surface area contributed by atoms with E-state index in [0.717, 1.165) is 0 Å². The molecule has 0 aliphatic carbocycles. The molecule has 0 radical (unpaired) electrons. The van der Waals surface area contributed by atoms with Crippen LogP contribution in [0.3, 0.4) is 0 Å². The number of para-hydroxylation sites is 3. The molecule has 4 aromatic rings. The molecule has 1 heterocycles. The Labute approximate surface area is 193 Å². The standard InChI is InChI=1S/C24H19BrN4O3/c1-32-21-14-8-7-13-20(21)27-24(31)18-15-26-29(16-9-3-2-4-10-16)22(18)28-23(30)17-11-5-6-12-19(17)25/h2-15H,1H3,(H,27,31)(H,28,30). The van der Waals surface area contributed by atoms with E-state index in [-0.39, 0.29) is 17.3 Å². The van der Waals surface area contributed by atoms with Crippen molar-refractivity contribution in [2.45, 2.75) is 0 Å². The van der Waals surface area contributed by atoms with Gasteiger partial charge in [0.2, 0.25) is 0 Å². The Kier molecular flexibility index (Phi) is 6.32. The fourth-order valence-electron chi connectivity index (χ4n) is 3.16. The summed E-state index contributed by atoms with van der Waals surface area (Å²) in [5, 5.41) is 10.0. The van der Waals surface area contributed by atoms with Crippen LogP contribution in [0.2, 0.25) is 0 Å². The van der Waals surface area contributed by atoms with Crippen molar-refractivity contribution in [2.24, 2.45) is 0 Å². The van der Waals surface area contributed by atoms with Crippen molar-refractivity contribution >= 4 is 39.2 Å². The first-order valence-electron chi connectivity index (χ1n) is 9.72. The number of rotatable bonds is 6. The van der Waals surface area contributed by atoms with Gasteiger partial charge in [0.15, 0.2) is 0 Å². The maximum absolute atomic E-state index is 13.2. The number of hydrogen-bond acceptors (Lipinski definition) is 4. The predicted octanol–water partition coefficient (Wildman–Crippen LogP) is 5.15. The zero-order chi connectivity index (χ0) is 22.5. The number of nitrogens with one attached hydrogen (secondary N) is 2. The molecule has 2 amide bonds. The summed E-state index contributed by atoms with van der Waals surface area (Å²) in [6.45, 7) is 0. The van der Waals surface area contributed by atoms with E-state index in [1.165, 1.54) is 18.0 Å². The van der Waals surface area contributed by atoms with E-state index in [4.69, 9.17) is 4.74 Å². The first-order chi connectivity index (χ1) is 15.6. The lowest BCUT2D eigenvalue weighted by Gasteiger charge is -2.13. The zero-order valence-corrected chi connectivity index (χ0v) is 18.7. The van der Waals surface area contributed by atoms with Crippen LogP contribution >= 0.6 is 15.9 Å². The number of amides is 2. The summed E-state index contributed by atoms with van der Waals surface area (Å²) in [7, 11) is 1.53. The van der Waals surface area contributed by atoms with Crippen LogP contribution in [0.15, 0.2) is 89.5 Å². The number of carbonyl (C=O) groups is 2. The molecule has 0 aliphatic rings. The number of carbonyl (C=O) groups excluding carboxylic acids is 2. The van der Waals surface area contributed by atoms with Gasteiger partial charge in [-0.3, -0.25) is 9.59 Å². The molecular weight excluding hydrogens is 472 g/mol. The number of methoxy groups -OCH3 is 1. The average molecular weight is 491 g/mol. The lowest BCUT2D eigenvalue weighted by Crippen LogP contribution is -2.20. The Hall–Kier alpha value is -3.91. The molecule has 0 unspecified atom stereocenters. The lowest BCUT2D eigenvalue weighted by atomic mass is 10.2. The van der Waals surface area contributed by atoms with E-state index in [1.54, 1.807) is 36.4 Å². The largest absolute Gasteiger partial charge is 0.495 e. The van der Waals surface area contributed by atoms with Crippen molar-refractivity contribution in [3.63, 3.8) is 0 Å². The van der Waals surface area contributed by atoms with Gasteiger partial charge in [0.25, 0.3) is 11.8 Å². The van der Waals surface area contributed by atoms with Gasteiger partial charge in [0.05, 0.1) is 30.2 Å². The van der Waals surface area contributed by atoms with Gasteiger partial charge in [0.1, 0.15) is 17.1 Å². The van der Waals surface area contributed by atoms with Crippen LogP contribution in [0.25, 0.3) is 5.69 Å². The maximum Gasteiger partial charge on any atom is 0.261 e. The summed E-state index contributed by atoms with van der Waals surface area (Å²) in [4.78, 5) is 26.2. The van der Waals surface area contributed by atoms with Crippen LogP contribution in [0.1, 0.15) is 20.7 Å². The van der Waals surface area contributed by atoms with Gasteiger partial charge < -0.3 is 15.4 Å². The Bertz CT molecular complexity index is 1270. The third-order valence-corrected chi connectivity index (χ3v) is 5.41. The molecule has 160 valence electrons. The third-order valence-electron chi connectivity index (χ3n) is 4.72. The van der Waals surface area contributed by atoms with Crippen molar-refractivity contribution in [1.29, 1.82) is 0 Å². The van der Waals surface area contributed by atoms with Gasteiger partial charge in [-0.15, -0.1) is 0 Å². The van der Waals surface area contributed by atoms with Gasteiger partial charge in [-0.1, -0.05) is 42.5 Å². The molecule has 0 atom stereocenters. The number of halogens is 1. The summed E-state index contributed by atoms with van der Waals surface area (Å²) in [6, 6.07) is 23.4. The summed E-state index contributed by atoms with van der Waals surface area (Å²) in [5.41, 5.74) is 1.85. The van der Waals surface area contributed by atoms with Crippen LogP contribution < -0.4 is 15.4 Å². The Balaban J connectivity index is 1.73. The van der Waals surface area contributed by atoms with Gasteiger partial charge in [-0.05, 0) is 52.3 Å². The SMILES string of the molecule is COc1ccccc1NC(=O)c1cnn(-c2ccccc2)c1NC(=O)c1ccccc1Br. The summed E-state index contributed by atoms with van der Waals surface area (Å²) < 4.78 is 7.47. The van der Waals surface area contributed by atoms with Gasteiger partial charge >= 0.3 is 0 Å². The van der Waals surface area contributed by atoms with E-state index in [1.807, 2.05) is 42.5 Å². The van der Waals surface area contributed by atoms with E-state index >= 15 is 0 Å². The van der Waals surface area contributed by atoms with Crippen molar-refractivity contribution in [1.82, 2.24) is 9.78 Å². The number of hydrogen-bond donors (Lipinski definition) is 2. The molecule has 32 heavy (non-hydrogen) atoms. The maximum atomic E-state index is 13.2. The highest BCUT2D eigenvalue weighted by atomic mass is 79.9. The monoisotopic (exact) mass is 490 g/mol. The number of anilines is 2. The third kappa shape index (κ3) is 4.40. The highest BCUT2D eigenvalue weighted by Gasteiger charge is 2.22. The summed E-state index contributed by atoms with van der Waals surface area (Å²) >= 11 is 3.40. The van der Waals surface area contributed by atoms with Gasteiger partial charge in [-0.25, -0.2) is 4.68 Å². The fourth-order valence-corrected chi connectivity index (χ4v) is 3.62. The smallest absolute Gasteiger partial charge is 0.261 e. The topological polar surface area (TPSA) is 85.2 Å². The zero-order valence-electron chi connectivity index (χ0n) is 17.1. The molecule has 0 saturated heterocycles. The molecule has 0 saturated carbocycles. The lowest BCUT2D eigenvalue weighted by molar-refractivity contribution is 0.102. The minimum absolute atomic E-state index is 0.208. The van der Waals surface area contributed by atoms with Crippen LogP contribution in [-0.2, 0) is 0 Å². The molecule has 0 bridgehead atoms. The van der Waals surface area contributed by atoms with Crippen molar-refractivity contribution in [3.05, 3.63) is 101 Å². The number of ether oxygens (including phenoxy) is 1. The van der Waals surface area contributed by atoms with Crippen LogP contribution in [0.4, 0.5) is 11.5 Å².